The number of ether oxygens (including phenoxy) is 2. The Bertz CT molecular complexity index is 4310. The molecule has 0 aromatic heterocycles. The van der Waals surface area contributed by atoms with Gasteiger partial charge in [0, 0.05) is 13.4 Å². The molecule has 1 aliphatic rings. The van der Waals surface area contributed by atoms with E-state index in [0.717, 1.165) is 35.4 Å². The molecule has 6 nitrogen and oxygen atoms in total. The Morgan fingerprint density at radius 1 is 0.390 bits per heavy atom. The largest absolute Gasteiger partial charge is 0.495 e. The second kappa shape index (κ2) is 21.5. The molecule has 0 spiro atoms. The van der Waals surface area contributed by atoms with E-state index in [0.29, 0.717) is 11.1 Å². The molecule has 13 rings (SSSR count). The van der Waals surface area contributed by atoms with Crippen molar-refractivity contribution in [3.8, 4) is 11.1 Å². The summed E-state index contributed by atoms with van der Waals surface area (Å²) in [5.41, 5.74) is 3.29. The maximum Gasteiger partial charge on any atom is 0.495 e. The van der Waals surface area contributed by atoms with Crippen molar-refractivity contribution in [1.29, 1.82) is 0 Å². The van der Waals surface area contributed by atoms with E-state index in [-0.39, 0.29) is 30.6 Å². The predicted molar refractivity (Wildman–Crippen MR) is 333 cm³/mol. The van der Waals surface area contributed by atoms with Crippen LogP contribution in [0.15, 0.2) is 208 Å². The number of hydrogen-bond acceptors (Lipinski definition) is 6. The molecule has 77 heavy (non-hydrogen) atoms. The normalized spacial score (nSPS) is 13.6. The molecule has 0 radical (unpaired) electrons. The van der Waals surface area contributed by atoms with Crippen LogP contribution in [0.4, 0.5) is 0 Å². The van der Waals surface area contributed by atoms with Crippen LogP contribution in [0.2, 0.25) is 0 Å². The third-order valence-corrected chi connectivity index (χ3v) is 16.7. The summed E-state index contributed by atoms with van der Waals surface area (Å²) < 4.78 is 25.2. The van der Waals surface area contributed by atoms with Gasteiger partial charge in [0.25, 0.3) is 0 Å². The highest BCUT2D eigenvalue weighted by molar-refractivity contribution is 9.11. The quantitative estimate of drug-likeness (QED) is 0.0993. The highest BCUT2D eigenvalue weighted by Gasteiger charge is 2.52. The fourth-order valence-electron chi connectivity index (χ4n) is 10.7. The van der Waals surface area contributed by atoms with Crippen molar-refractivity contribution in [2.75, 3.05) is 14.2 Å². The maximum atomic E-state index is 12.7. The zero-order chi connectivity index (χ0) is 53.0. The van der Waals surface area contributed by atoms with Gasteiger partial charge in [-0.05, 0) is 189 Å². The SMILES string of the molecule is C.CC1(C)OB(c2cc3c4ccccc4c4ccccc4c3c3ccccc23)OC1(C)C.COC(=O)c1ccc(Br)cc1-c1cc2c3ccccc3c3ccccc3c2c2ccccc12.COC(=O)c1ccc(Br)cc1Br. The lowest BCUT2D eigenvalue weighted by atomic mass is 9.74. The van der Waals surface area contributed by atoms with Gasteiger partial charge in [0.05, 0.1) is 36.5 Å². The van der Waals surface area contributed by atoms with Crippen molar-refractivity contribution < 1.29 is 28.4 Å². The molecule has 0 bridgehead atoms. The number of halogens is 3. The molecule has 382 valence electrons. The summed E-state index contributed by atoms with van der Waals surface area (Å²) in [6, 6.07) is 67.2. The molecule has 0 amide bonds. The number of esters is 2. The third kappa shape index (κ3) is 9.59. The van der Waals surface area contributed by atoms with Gasteiger partial charge < -0.3 is 18.8 Å². The first-order valence-corrected chi connectivity index (χ1v) is 27.3. The summed E-state index contributed by atoms with van der Waals surface area (Å²) in [6.07, 6.45) is 0. The molecule has 0 N–H and O–H groups in total. The van der Waals surface area contributed by atoms with E-state index in [4.69, 9.17) is 14.0 Å². The monoisotopic (exact) mass is 1200 g/mol. The summed E-state index contributed by atoms with van der Waals surface area (Å²) in [5, 5.41) is 19.7. The number of benzene rings is 12. The Hall–Kier alpha value is -6.92. The van der Waals surface area contributed by atoms with Gasteiger partial charge in [-0.25, -0.2) is 9.59 Å². The number of rotatable bonds is 4. The van der Waals surface area contributed by atoms with Crippen LogP contribution >= 0.6 is 47.8 Å². The third-order valence-electron chi connectivity index (χ3n) is 15.0. The number of carbonyl (C=O) groups excluding carboxylic acids is 2. The molecule has 1 saturated heterocycles. The summed E-state index contributed by atoms with van der Waals surface area (Å²) in [7, 11) is 2.38. The lowest BCUT2D eigenvalue weighted by Crippen LogP contribution is -2.41. The van der Waals surface area contributed by atoms with Crippen LogP contribution in [-0.2, 0) is 18.8 Å². The molecular weight excluding hydrogens is 1150 g/mol. The van der Waals surface area contributed by atoms with Crippen LogP contribution in [0, 0.1) is 0 Å². The van der Waals surface area contributed by atoms with Crippen LogP contribution in [0.3, 0.4) is 0 Å². The van der Waals surface area contributed by atoms with E-state index < -0.39 is 7.12 Å². The average Bonchev–Trinajstić information content (AvgIpc) is 3.83. The van der Waals surface area contributed by atoms with Crippen molar-refractivity contribution in [3.63, 3.8) is 0 Å². The Morgan fingerprint density at radius 3 is 1.18 bits per heavy atom. The summed E-state index contributed by atoms with van der Waals surface area (Å²) in [5.74, 6) is -0.681. The topological polar surface area (TPSA) is 71.1 Å². The standard InChI is InChI=1S/C30H19BrO2.C28H25BO2.C8H6Br2O2.CH4/c1-33-30(32)25-15-14-18(31)16-26(25)27-17-28-21-10-3-2-8-19(21)20-9-4-6-12-23(20)29(28)24-13-7-5-11-22(24)27;1-27(2)28(3,4)31-29(30-27)25-17-24-20-13-6-5-11-18(20)19-12-7-9-15-22(19)26(24)23-16-10-8-14-21(23)25;1-12-8(11)6-3-2-5(9)4-7(6)10;/h2-17H,1H3;5-17H,1-4H3;2-4H,1H3;1H4. The summed E-state index contributed by atoms with van der Waals surface area (Å²) in [6.45, 7) is 8.44. The Labute approximate surface area is 473 Å². The van der Waals surface area contributed by atoms with Crippen LogP contribution in [0.25, 0.3) is 97.3 Å². The first-order valence-electron chi connectivity index (χ1n) is 25.0. The van der Waals surface area contributed by atoms with Gasteiger partial charge in [-0.2, -0.15) is 0 Å². The van der Waals surface area contributed by atoms with Gasteiger partial charge >= 0.3 is 19.1 Å². The molecular formula is C67H54BBr3O6. The molecule has 12 aromatic carbocycles. The lowest BCUT2D eigenvalue weighted by molar-refractivity contribution is 0.00578. The van der Waals surface area contributed by atoms with E-state index in [1.165, 1.54) is 95.0 Å². The highest BCUT2D eigenvalue weighted by atomic mass is 79.9. The smallest absolute Gasteiger partial charge is 0.465 e. The number of methoxy groups -OCH3 is 2. The summed E-state index contributed by atoms with van der Waals surface area (Å²) >= 11 is 10.1. The van der Waals surface area contributed by atoms with E-state index in [9.17, 15) is 9.59 Å². The van der Waals surface area contributed by atoms with E-state index in [2.05, 4.69) is 238 Å². The van der Waals surface area contributed by atoms with Crippen molar-refractivity contribution >= 4 is 158 Å². The highest BCUT2D eigenvalue weighted by Crippen LogP contribution is 2.45. The second-order valence-electron chi connectivity index (χ2n) is 19.9. The van der Waals surface area contributed by atoms with Crippen molar-refractivity contribution in [1.82, 2.24) is 0 Å². The Kier molecular flexibility index (Phi) is 14.9. The number of fused-ring (bicyclic) bond motifs is 16. The predicted octanol–water partition coefficient (Wildman–Crippen LogP) is 18.7. The van der Waals surface area contributed by atoms with E-state index >= 15 is 0 Å². The van der Waals surface area contributed by atoms with Gasteiger partial charge in [-0.1, -0.05) is 191 Å². The minimum atomic E-state index is -0.399. The molecule has 0 saturated carbocycles. The molecule has 1 fully saturated rings. The van der Waals surface area contributed by atoms with Crippen LogP contribution in [0.5, 0.6) is 0 Å². The first kappa shape index (κ1) is 53.5. The molecule has 1 aliphatic heterocycles. The molecule has 0 unspecified atom stereocenters. The first-order chi connectivity index (χ1) is 36.7. The Balaban J connectivity index is 0.000000143. The fourth-order valence-corrected chi connectivity index (χ4v) is 12.3. The van der Waals surface area contributed by atoms with Crippen molar-refractivity contribution in [2.24, 2.45) is 0 Å². The Morgan fingerprint density at radius 2 is 0.727 bits per heavy atom. The van der Waals surface area contributed by atoms with E-state index in [1.54, 1.807) is 18.2 Å². The second-order valence-corrected chi connectivity index (χ2v) is 22.6. The minimum absolute atomic E-state index is 0. The molecule has 0 atom stereocenters. The van der Waals surface area contributed by atoms with Crippen LogP contribution in [-0.4, -0.2) is 44.5 Å². The lowest BCUT2D eigenvalue weighted by Gasteiger charge is -2.32. The summed E-state index contributed by atoms with van der Waals surface area (Å²) in [4.78, 5) is 23.7. The van der Waals surface area contributed by atoms with Crippen LogP contribution < -0.4 is 5.46 Å². The van der Waals surface area contributed by atoms with Gasteiger partial charge in [0.2, 0.25) is 0 Å². The van der Waals surface area contributed by atoms with Crippen LogP contribution in [0.1, 0.15) is 55.8 Å². The average molecular weight is 1210 g/mol. The minimum Gasteiger partial charge on any atom is -0.465 e. The van der Waals surface area contributed by atoms with Gasteiger partial charge in [-0.15, -0.1) is 0 Å². The molecule has 0 aliphatic carbocycles. The molecule has 10 heteroatoms. The number of carbonyl (C=O) groups is 2. The maximum absolute atomic E-state index is 12.7. The zero-order valence-electron chi connectivity index (χ0n) is 42.6. The molecule has 12 aromatic rings. The van der Waals surface area contributed by atoms with Crippen molar-refractivity contribution in [3.05, 3.63) is 219 Å². The van der Waals surface area contributed by atoms with E-state index in [1.807, 2.05) is 18.2 Å². The molecule has 1 heterocycles. The van der Waals surface area contributed by atoms with Gasteiger partial charge in [0.1, 0.15) is 0 Å². The van der Waals surface area contributed by atoms with Crippen molar-refractivity contribution in [2.45, 2.75) is 46.3 Å². The van der Waals surface area contributed by atoms with Gasteiger partial charge in [0.15, 0.2) is 0 Å². The van der Waals surface area contributed by atoms with Gasteiger partial charge in [-0.3, -0.25) is 0 Å². The fraction of sp³-hybridized carbons (Fsp3) is 0.134. The number of hydrogen-bond donors (Lipinski definition) is 0. The zero-order valence-corrected chi connectivity index (χ0v) is 47.4.